The van der Waals surface area contributed by atoms with Gasteiger partial charge in [0.1, 0.15) is 12.4 Å². The third-order valence-electron chi connectivity index (χ3n) is 4.78. The Morgan fingerprint density at radius 3 is 2.55 bits per heavy atom. The highest BCUT2D eigenvalue weighted by molar-refractivity contribution is 4.93. The van der Waals surface area contributed by atoms with Crippen LogP contribution in [0, 0.1) is 12.8 Å². The van der Waals surface area contributed by atoms with Crippen molar-refractivity contribution in [1.82, 2.24) is 14.8 Å². The second-order valence-electron chi connectivity index (χ2n) is 6.13. The van der Waals surface area contributed by atoms with Crippen molar-refractivity contribution in [2.45, 2.75) is 64.6 Å². The SMILES string of the molecule is CCCC1CCC(CN)(OCc2nnc(C)n2C)CC1. The molecule has 0 atom stereocenters. The fourth-order valence-electron chi connectivity index (χ4n) is 3.10. The van der Waals surface area contributed by atoms with Crippen LogP contribution >= 0.6 is 0 Å². The van der Waals surface area contributed by atoms with Gasteiger partial charge in [-0.1, -0.05) is 19.8 Å². The molecule has 0 aromatic carbocycles. The summed E-state index contributed by atoms with van der Waals surface area (Å²) in [5.41, 5.74) is 5.85. The van der Waals surface area contributed by atoms with Crippen LogP contribution in [0.2, 0.25) is 0 Å². The van der Waals surface area contributed by atoms with E-state index in [0.29, 0.717) is 13.2 Å². The Balaban J connectivity index is 1.91. The monoisotopic (exact) mass is 280 g/mol. The van der Waals surface area contributed by atoms with Crippen LogP contribution in [0.3, 0.4) is 0 Å². The number of hydrogen-bond acceptors (Lipinski definition) is 4. The van der Waals surface area contributed by atoms with E-state index in [1.165, 1.54) is 25.7 Å². The molecule has 1 aromatic heterocycles. The van der Waals surface area contributed by atoms with Crippen molar-refractivity contribution >= 4 is 0 Å². The van der Waals surface area contributed by atoms with Gasteiger partial charge in [-0.15, -0.1) is 10.2 Å². The number of rotatable bonds is 6. The summed E-state index contributed by atoms with van der Waals surface area (Å²) in [5, 5.41) is 8.22. The lowest BCUT2D eigenvalue weighted by atomic mass is 9.77. The summed E-state index contributed by atoms with van der Waals surface area (Å²) in [4.78, 5) is 0. The summed E-state index contributed by atoms with van der Waals surface area (Å²) >= 11 is 0. The summed E-state index contributed by atoms with van der Waals surface area (Å²) in [6.07, 6.45) is 7.24. The van der Waals surface area contributed by atoms with Crippen molar-refractivity contribution in [2.75, 3.05) is 6.54 Å². The number of aromatic nitrogens is 3. The molecule has 0 saturated heterocycles. The first kappa shape index (κ1) is 15.4. The molecule has 0 unspecified atom stereocenters. The van der Waals surface area contributed by atoms with Crippen LogP contribution in [0.25, 0.3) is 0 Å². The highest BCUT2D eigenvalue weighted by atomic mass is 16.5. The fraction of sp³-hybridized carbons (Fsp3) is 0.867. The topological polar surface area (TPSA) is 66.0 Å². The number of hydrogen-bond donors (Lipinski definition) is 1. The number of nitrogens with zero attached hydrogens (tertiary/aromatic N) is 3. The molecule has 0 radical (unpaired) electrons. The summed E-state index contributed by atoms with van der Waals surface area (Å²) < 4.78 is 8.16. The molecule has 1 aliphatic carbocycles. The van der Waals surface area contributed by atoms with Gasteiger partial charge >= 0.3 is 0 Å². The standard InChI is InChI=1S/C15H28N4O/c1-4-5-13-6-8-15(11-16,9-7-13)20-10-14-18-17-12(2)19(14)3/h13H,4-11,16H2,1-3H3. The summed E-state index contributed by atoms with van der Waals surface area (Å²) in [5.74, 6) is 2.66. The fourth-order valence-corrected chi connectivity index (χ4v) is 3.10. The Hall–Kier alpha value is -0.940. The second kappa shape index (κ2) is 6.68. The van der Waals surface area contributed by atoms with Crippen LogP contribution in [0.1, 0.15) is 57.1 Å². The molecule has 0 aliphatic heterocycles. The first-order valence-corrected chi connectivity index (χ1v) is 7.79. The van der Waals surface area contributed by atoms with Crippen LogP contribution in [0.4, 0.5) is 0 Å². The number of nitrogens with two attached hydrogens (primary N) is 1. The molecule has 1 aromatic rings. The predicted octanol–water partition coefficient (Wildman–Crippen LogP) is 2.33. The summed E-state index contributed by atoms with van der Waals surface area (Å²) in [7, 11) is 1.97. The van der Waals surface area contributed by atoms with Crippen molar-refractivity contribution in [2.24, 2.45) is 18.7 Å². The molecule has 0 amide bonds. The van der Waals surface area contributed by atoms with Crippen LogP contribution in [-0.2, 0) is 18.4 Å². The zero-order valence-corrected chi connectivity index (χ0v) is 13.1. The first-order chi connectivity index (χ1) is 9.60. The van der Waals surface area contributed by atoms with E-state index in [2.05, 4.69) is 17.1 Å². The summed E-state index contributed by atoms with van der Waals surface area (Å²) in [6, 6.07) is 0. The predicted molar refractivity (Wildman–Crippen MR) is 79.2 cm³/mol. The third-order valence-corrected chi connectivity index (χ3v) is 4.78. The Labute approximate surface area is 121 Å². The molecule has 1 heterocycles. The molecular weight excluding hydrogens is 252 g/mol. The molecule has 0 bridgehead atoms. The van der Waals surface area contributed by atoms with Crippen molar-refractivity contribution in [3.63, 3.8) is 0 Å². The third kappa shape index (κ3) is 3.38. The van der Waals surface area contributed by atoms with Gasteiger partial charge in [-0.3, -0.25) is 0 Å². The van der Waals surface area contributed by atoms with Gasteiger partial charge in [0.15, 0.2) is 5.82 Å². The van der Waals surface area contributed by atoms with E-state index < -0.39 is 0 Å². The zero-order valence-electron chi connectivity index (χ0n) is 13.1. The Morgan fingerprint density at radius 1 is 1.35 bits per heavy atom. The lowest BCUT2D eigenvalue weighted by Crippen LogP contribution is -2.44. The molecule has 5 heteroatoms. The van der Waals surface area contributed by atoms with Gasteiger partial charge < -0.3 is 15.0 Å². The van der Waals surface area contributed by atoms with Gasteiger partial charge in [-0.2, -0.15) is 0 Å². The molecule has 5 nitrogen and oxygen atoms in total. The van der Waals surface area contributed by atoms with Gasteiger partial charge in [0.25, 0.3) is 0 Å². The van der Waals surface area contributed by atoms with E-state index in [1.54, 1.807) is 0 Å². The molecule has 0 spiro atoms. The Morgan fingerprint density at radius 2 is 2.05 bits per heavy atom. The van der Waals surface area contributed by atoms with Crippen molar-refractivity contribution in [3.05, 3.63) is 11.6 Å². The molecule has 2 rings (SSSR count). The van der Waals surface area contributed by atoms with Gasteiger partial charge in [0.05, 0.1) is 5.60 Å². The van der Waals surface area contributed by atoms with Crippen LogP contribution < -0.4 is 5.73 Å². The van der Waals surface area contributed by atoms with Crippen molar-refractivity contribution < 1.29 is 4.74 Å². The maximum absolute atomic E-state index is 6.18. The highest BCUT2D eigenvalue weighted by Crippen LogP contribution is 2.36. The average Bonchev–Trinajstić information content (AvgIpc) is 2.79. The molecule has 114 valence electrons. The molecule has 1 fully saturated rings. The minimum absolute atomic E-state index is 0.149. The quantitative estimate of drug-likeness (QED) is 0.868. The number of aryl methyl sites for hydroxylation is 1. The van der Waals surface area contributed by atoms with E-state index in [0.717, 1.165) is 30.4 Å². The maximum atomic E-state index is 6.18. The van der Waals surface area contributed by atoms with Crippen LogP contribution in [-0.4, -0.2) is 26.9 Å². The van der Waals surface area contributed by atoms with E-state index in [1.807, 2.05) is 18.5 Å². The molecule has 20 heavy (non-hydrogen) atoms. The molecule has 2 N–H and O–H groups in total. The largest absolute Gasteiger partial charge is 0.366 e. The van der Waals surface area contributed by atoms with Crippen molar-refractivity contribution in [1.29, 1.82) is 0 Å². The second-order valence-corrected chi connectivity index (χ2v) is 6.13. The molecule has 1 aliphatic rings. The normalized spacial score (nSPS) is 26.9. The van der Waals surface area contributed by atoms with Gasteiger partial charge in [-0.05, 0) is 38.5 Å². The maximum Gasteiger partial charge on any atom is 0.158 e. The average molecular weight is 280 g/mol. The smallest absolute Gasteiger partial charge is 0.158 e. The minimum Gasteiger partial charge on any atom is -0.366 e. The van der Waals surface area contributed by atoms with E-state index >= 15 is 0 Å². The van der Waals surface area contributed by atoms with Crippen LogP contribution in [0.15, 0.2) is 0 Å². The zero-order chi connectivity index (χ0) is 14.6. The first-order valence-electron chi connectivity index (χ1n) is 7.79. The van der Waals surface area contributed by atoms with E-state index in [-0.39, 0.29) is 5.60 Å². The summed E-state index contributed by atoms with van der Waals surface area (Å²) in [6.45, 7) is 5.32. The van der Waals surface area contributed by atoms with Gasteiger partial charge in [-0.25, -0.2) is 0 Å². The minimum atomic E-state index is -0.149. The highest BCUT2D eigenvalue weighted by Gasteiger charge is 2.35. The molecule has 1 saturated carbocycles. The molecular formula is C15H28N4O. The van der Waals surface area contributed by atoms with E-state index in [4.69, 9.17) is 10.5 Å². The Bertz CT molecular complexity index is 422. The lowest BCUT2D eigenvalue weighted by Gasteiger charge is -2.39. The van der Waals surface area contributed by atoms with E-state index in [9.17, 15) is 0 Å². The van der Waals surface area contributed by atoms with Crippen LogP contribution in [0.5, 0.6) is 0 Å². The lowest BCUT2D eigenvalue weighted by molar-refractivity contribution is -0.0844. The Kier molecular flexibility index (Phi) is 5.16. The van der Waals surface area contributed by atoms with Crippen molar-refractivity contribution in [3.8, 4) is 0 Å². The number of ether oxygens (including phenoxy) is 1. The van der Waals surface area contributed by atoms with Gasteiger partial charge in [0, 0.05) is 13.6 Å². The van der Waals surface area contributed by atoms with Gasteiger partial charge in [0.2, 0.25) is 0 Å².